The second kappa shape index (κ2) is 5.90. The van der Waals surface area contributed by atoms with Crippen LogP contribution in [0.4, 0.5) is 16.2 Å². The summed E-state index contributed by atoms with van der Waals surface area (Å²) in [5, 5.41) is 9.61. The maximum Gasteiger partial charge on any atom is 0.319 e. The van der Waals surface area contributed by atoms with E-state index in [9.17, 15) is 4.79 Å². The number of nitrogen functional groups attached to an aromatic ring is 1. The molecular formula is C13H17N5O. The molecule has 1 heterocycles. The molecule has 1 aromatic heterocycles. The molecule has 0 bridgehead atoms. The van der Waals surface area contributed by atoms with E-state index in [2.05, 4.69) is 15.7 Å². The molecule has 0 radical (unpaired) electrons. The van der Waals surface area contributed by atoms with Gasteiger partial charge in [-0.25, -0.2) is 4.79 Å². The van der Waals surface area contributed by atoms with Gasteiger partial charge in [0, 0.05) is 24.1 Å². The summed E-state index contributed by atoms with van der Waals surface area (Å²) in [6.07, 6.45) is 3.71. The molecular weight excluding hydrogens is 242 g/mol. The molecule has 0 unspecified atom stereocenters. The lowest BCUT2D eigenvalue weighted by atomic mass is 10.3. The summed E-state index contributed by atoms with van der Waals surface area (Å²) in [5.41, 5.74) is 8.02. The fraction of sp³-hybridized carbons (Fsp3) is 0.231. The minimum absolute atomic E-state index is 0.255. The minimum atomic E-state index is -0.255. The van der Waals surface area contributed by atoms with E-state index in [-0.39, 0.29) is 6.03 Å². The average molecular weight is 259 g/mol. The number of urea groups is 1. The van der Waals surface area contributed by atoms with Gasteiger partial charge in [0.2, 0.25) is 0 Å². The molecule has 0 fully saturated rings. The zero-order valence-electron chi connectivity index (χ0n) is 10.8. The topological polar surface area (TPSA) is 85.0 Å². The van der Waals surface area contributed by atoms with Crippen LogP contribution in [0.15, 0.2) is 36.7 Å². The van der Waals surface area contributed by atoms with E-state index >= 15 is 0 Å². The van der Waals surface area contributed by atoms with Crippen molar-refractivity contribution in [3.8, 4) is 0 Å². The molecule has 0 spiro atoms. The quantitative estimate of drug-likeness (QED) is 0.729. The van der Waals surface area contributed by atoms with Crippen LogP contribution in [0, 0.1) is 6.92 Å². The molecule has 2 amide bonds. The van der Waals surface area contributed by atoms with Crippen molar-refractivity contribution in [3.63, 3.8) is 0 Å². The number of nitrogens with zero attached hydrogens (tertiary/aromatic N) is 2. The summed E-state index contributed by atoms with van der Waals surface area (Å²) < 4.78 is 1.79. The van der Waals surface area contributed by atoms with Crippen molar-refractivity contribution < 1.29 is 4.79 Å². The lowest BCUT2D eigenvalue weighted by Crippen LogP contribution is -2.31. The lowest BCUT2D eigenvalue weighted by molar-refractivity contribution is 0.251. The molecule has 6 nitrogen and oxygen atoms in total. The van der Waals surface area contributed by atoms with Gasteiger partial charge in [-0.05, 0) is 30.7 Å². The van der Waals surface area contributed by atoms with Crippen molar-refractivity contribution in [2.24, 2.45) is 0 Å². The number of carbonyl (C=O) groups is 1. The number of nitrogens with one attached hydrogen (secondary N) is 2. The van der Waals surface area contributed by atoms with Crippen molar-refractivity contribution in [1.29, 1.82) is 0 Å². The van der Waals surface area contributed by atoms with Crippen LogP contribution < -0.4 is 16.4 Å². The number of rotatable bonds is 4. The molecule has 0 aliphatic rings. The van der Waals surface area contributed by atoms with Crippen LogP contribution in [0.3, 0.4) is 0 Å². The fourth-order valence-electron chi connectivity index (χ4n) is 1.66. The third-order valence-electron chi connectivity index (χ3n) is 2.53. The van der Waals surface area contributed by atoms with E-state index in [1.807, 2.05) is 13.1 Å². The molecule has 2 rings (SSSR count). The first-order valence-electron chi connectivity index (χ1n) is 6.03. The number of carbonyl (C=O) groups excluding carboxylic acids is 1. The first-order chi connectivity index (χ1) is 9.13. The maximum absolute atomic E-state index is 11.6. The molecule has 0 aliphatic heterocycles. The second-order valence-corrected chi connectivity index (χ2v) is 4.29. The van der Waals surface area contributed by atoms with Gasteiger partial charge in [0.1, 0.15) is 0 Å². The average Bonchev–Trinajstić information content (AvgIpc) is 2.75. The highest BCUT2D eigenvalue weighted by Gasteiger charge is 2.01. The van der Waals surface area contributed by atoms with Gasteiger partial charge < -0.3 is 16.4 Å². The molecule has 100 valence electrons. The van der Waals surface area contributed by atoms with E-state index in [1.54, 1.807) is 35.1 Å². The van der Waals surface area contributed by atoms with Gasteiger partial charge >= 0.3 is 6.03 Å². The Labute approximate surface area is 111 Å². The predicted molar refractivity (Wildman–Crippen MR) is 74.8 cm³/mol. The highest BCUT2D eigenvalue weighted by atomic mass is 16.2. The normalized spacial score (nSPS) is 10.2. The Morgan fingerprint density at radius 3 is 3.00 bits per heavy atom. The monoisotopic (exact) mass is 259 g/mol. The standard InChI is InChI=1S/C13H17N5O/c1-10-8-16-18(9-10)6-5-15-13(19)17-12-4-2-3-11(14)7-12/h2-4,7-9H,5-6,14H2,1H3,(H2,15,17,19). The Balaban J connectivity index is 1.76. The van der Waals surface area contributed by atoms with Crippen molar-refractivity contribution in [2.45, 2.75) is 13.5 Å². The van der Waals surface area contributed by atoms with Crippen molar-refractivity contribution in [3.05, 3.63) is 42.2 Å². The Hall–Kier alpha value is -2.50. The van der Waals surface area contributed by atoms with E-state index < -0.39 is 0 Å². The summed E-state index contributed by atoms with van der Waals surface area (Å²) in [7, 11) is 0. The van der Waals surface area contributed by atoms with Crippen molar-refractivity contribution in [1.82, 2.24) is 15.1 Å². The van der Waals surface area contributed by atoms with Gasteiger partial charge in [-0.2, -0.15) is 5.10 Å². The van der Waals surface area contributed by atoms with E-state index in [1.165, 1.54) is 0 Å². The van der Waals surface area contributed by atoms with Crippen LogP contribution in [-0.4, -0.2) is 22.4 Å². The zero-order valence-corrected chi connectivity index (χ0v) is 10.8. The van der Waals surface area contributed by atoms with Gasteiger partial charge in [-0.15, -0.1) is 0 Å². The van der Waals surface area contributed by atoms with Gasteiger partial charge in [0.15, 0.2) is 0 Å². The number of aryl methyl sites for hydroxylation is 1. The van der Waals surface area contributed by atoms with Crippen LogP contribution in [0.25, 0.3) is 0 Å². The Morgan fingerprint density at radius 1 is 1.47 bits per heavy atom. The molecule has 0 atom stereocenters. The smallest absolute Gasteiger partial charge is 0.319 e. The third kappa shape index (κ3) is 4.02. The molecule has 0 aliphatic carbocycles. The van der Waals surface area contributed by atoms with Crippen LogP contribution in [-0.2, 0) is 6.54 Å². The van der Waals surface area contributed by atoms with Crippen molar-refractivity contribution >= 4 is 17.4 Å². The molecule has 1 aromatic carbocycles. The SMILES string of the molecule is Cc1cnn(CCNC(=O)Nc2cccc(N)c2)c1. The highest BCUT2D eigenvalue weighted by molar-refractivity contribution is 5.89. The van der Waals surface area contributed by atoms with Crippen LogP contribution >= 0.6 is 0 Å². The number of hydrogen-bond donors (Lipinski definition) is 3. The molecule has 4 N–H and O–H groups in total. The van der Waals surface area contributed by atoms with Gasteiger partial charge in [-0.3, -0.25) is 4.68 Å². The van der Waals surface area contributed by atoms with Gasteiger partial charge in [-0.1, -0.05) is 6.07 Å². The Kier molecular flexibility index (Phi) is 4.02. The van der Waals surface area contributed by atoms with Crippen LogP contribution in [0.1, 0.15) is 5.56 Å². The second-order valence-electron chi connectivity index (χ2n) is 4.29. The van der Waals surface area contributed by atoms with Crippen molar-refractivity contribution in [2.75, 3.05) is 17.6 Å². The largest absolute Gasteiger partial charge is 0.399 e. The number of amides is 2. The Bertz CT molecular complexity index is 564. The molecule has 0 saturated carbocycles. The fourth-order valence-corrected chi connectivity index (χ4v) is 1.66. The zero-order chi connectivity index (χ0) is 13.7. The summed E-state index contributed by atoms with van der Waals surface area (Å²) >= 11 is 0. The van der Waals surface area contributed by atoms with E-state index in [0.29, 0.717) is 24.5 Å². The summed E-state index contributed by atoms with van der Waals surface area (Å²) in [5.74, 6) is 0. The lowest BCUT2D eigenvalue weighted by Gasteiger charge is -2.08. The highest BCUT2D eigenvalue weighted by Crippen LogP contribution is 2.11. The molecule has 19 heavy (non-hydrogen) atoms. The molecule has 0 saturated heterocycles. The third-order valence-corrected chi connectivity index (χ3v) is 2.53. The Morgan fingerprint density at radius 2 is 2.32 bits per heavy atom. The number of hydrogen-bond acceptors (Lipinski definition) is 3. The summed E-state index contributed by atoms with van der Waals surface area (Å²) in [6, 6.07) is 6.79. The first kappa shape index (κ1) is 12.9. The summed E-state index contributed by atoms with van der Waals surface area (Å²) in [4.78, 5) is 11.6. The van der Waals surface area contributed by atoms with E-state index in [4.69, 9.17) is 5.73 Å². The maximum atomic E-state index is 11.6. The number of benzene rings is 1. The van der Waals surface area contributed by atoms with Gasteiger partial charge in [0.05, 0.1) is 12.7 Å². The first-order valence-corrected chi connectivity index (χ1v) is 6.03. The van der Waals surface area contributed by atoms with Crippen LogP contribution in [0.5, 0.6) is 0 Å². The minimum Gasteiger partial charge on any atom is -0.399 e. The predicted octanol–water partition coefficient (Wildman–Crippen LogP) is 1.60. The summed E-state index contributed by atoms with van der Waals surface area (Å²) in [6.45, 7) is 3.12. The number of anilines is 2. The van der Waals surface area contributed by atoms with E-state index in [0.717, 1.165) is 5.56 Å². The van der Waals surface area contributed by atoms with Crippen LogP contribution in [0.2, 0.25) is 0 Å². The molecule has 6 heteroatoms. The molecule has 2 aromatic rings. The number of nitrogens with two attached hydrogens (primary N) is 1. The number of aromatic nitrogens is 2. The van der Waals surface area contributed by atoms with Gasteiger partial charge in [0.25, 0.3) is 0 Å².